The van der Waals surface area contributed by atoms with Crippen molar-refractivity contribution in [3.05, 3.63) is 12.7 Å². The van der Waals surface area contributed by atoms with Gasteiger partial charge in [0.25, 0.3) is 0 Å². The number of rotatable bonds is 5. The van der Waals surface area contributed by atoms with Crippen LogP contribution in [-0.4, -0.2) is 39.8 Å². The van der Waals surface area contributed by atoms with Gasteiger partial charge in [0.1, 0.15) is 12.2 Å². The predicted molar refractivity (Wildman–Crippen MR) is 46.2 cm³/mol. The van der Waals surface area contributed by atoms with Crippen molar-refractivity contribution in [1.82, 2.24) is 0 Å². The molecule has 0 amide bonds. The van der Waals surface area contributed by atoms with Gasteiger partial charge in [-0.05, 0) is 0 Å². The van der Waals surface area contributed by atoms with Gasteiger partial charge in [0.15, 0.2) is 0 Å². The third kappa shape index (κ3) is 2.73. The summed E-state index contributed by atoms with van der Waals surface area (Å²) in [5.41, 5.74) is -0.273. The molecular formula is C8H15NO3. The lowest BCUT2D eigenvalue weighted by atomic mass is 9.98. The molecule has 0 bridgehead atoms. The molecule has 0 saturated carbocycles. The molecular weight excluding hydrogens is 158 g/mol. The number of hydrogen-bond acceptors (Lipinski definition) is 4. The van der Waals surface area contributed by atoms with E-state index in [1.54, 1.807) is 6.92 Å². The average Bonchev–Trinajstić information content (AvgIpc) is 2.12. The minimum absolute atomic E-state index is 0.273. The first kappa shape index (κ1) is 11.3. The number of hydrogen-bond donors (Lipinski definition) is 4. The molecule has 0 aliphatic carbocycles. The molecule has 3 atom stereocenters. The summed E-state index contributed by atoms with van der Waals surface area (Å²) >= 11 is 0. The zero-order valence-corrected chi connectivity index (χ0v) is 7.07. The third-order valence-electron chi connectivity index (χ3n) is 1.72. The standard InChI is InChI=1S/C8H15NO3/c1-3-5(2)8(12)7(9)6(11)4-10/h3,5-6,8-12H,1,4H2,2H3/t5-,6-,8?/m1/s1. The molecule has 0 saturated heterocycles. The minimum Gasteiger partial charge on any atom is -0.393 e. The molecule has 0 rings (SSSR count). The highest BCUT2D eigenvalue weighted by Gasteiger charge is 2.21. The maximum absolute atomic E-state index is 9.32. The molecule has 0 aromatic carbocycles. The summed E-state index contributed by atoms with van der Waals surface area (Å²) in [7, 11) is 0. The molecule has 12 heavy (non-hydrogen) atoms. The normalized spacial score (nSPS) is 18.0. The first-order valence-corrected chi connectivity index (χ1v) is 3.72. The maximum atomic E-state index is 9.32. The third-order valence-corrected chi connectivity index (χ3v) is 1.72. The van der Waals surface area contributed by atoms with E-state index in [-0.39, 0.29) is 11.6 Å². The molecule has 4 nitrogen and oxygen atoms in total. The molecule has 1 unspecified atom stereocenters. The molecule has 0 aliphatic heterocycles. The van der Waals surface area contributed by atoms with Crippen molar-refractivity contribution in [2.45, 2.75) is 19.1 Å². The van der Waals surface area contributed by atoms with Crippen LogP contribution in [0.25, 0.3) is 0 Å². The quantitative estimate of drug-likeness (QED) is 0.335. The zero-order valence-electron chi connectivity index (χ0n) is 7.07. The molecule has 0 spiro atoms. The molecule has 0 aliphatic rings. The van der Waals surface area contributed by atoms with Crippen molar-refractivity contribution in [2.24, 2.45) is 5.92 Å². The fourth-order valence-corrected chi connectivity index (χ4v) is 0.708. The second kappa shape index (κ2) is 5.03. The fraction of sp³-hybridized carbons (Fsp3) is 0.625. The van der Waals surface area contributed by atoms with Gasteiger partial charge >= 0.3 is 0 Å². The summed E-state index contributed by atoms with van der Waals surface area (Å²) in [6.07, 6.45) is -0.851. The van der Waals surface area contributed by atoms with Gasteiger partial charge in [-0.3, -0.25) is 0 Å². The van der Waals surface area contributed by atoms with E-state index < -0.39 is 18.8 Å². The van der Waals surface area contributed by atoms with Crippen molar-refractivity contribution >= 4 is 5.71 Å². The largest absolute Gasteiger partial charge is 0.393 e. The van der Waals surface area contributed by atoms with Crippen molar-refractivity contribution < 1.29 is 15.3 Å². The van der Waals surface area contributed by atoms with Crippen LogP contribution in [0, 0.1) is 11.3 Å². The second-order valence-electron chi connectivity index (χ2n) is 2.69. The van der Waals surface area contributed by atoms with Crippen LogP contribution in [0.15, 0.2) is 12.7 Å². The Morgan fingerprint density at radius 1 is 1.58 bits per heavy atom. The molecule has 70 valence electrons. The summed E-state index contributed by atoms with van der Waals surface area (Å²) in [5.74, 6) is -0.293. The molecule has 4 heteroatoms. The van der Waals surface area contributed by atoms with E-state index in [1.165, 1.54) is 6.08 Å². The Kier molecular flexibility index (Phi) is 4.73. The highest BCUT2D eigenvalue weighted by Crippen LogP contribution is 2.07. The van der Waals surface area contributed by atoms with Gasteiger partial charge in [0, 0.05) is 5.92 Å². The van der Waals surface area contributed by atoms with E-state index in [1.807, 2.05) is 0 Å². The van der Waals surface area contributed by atoms with E-state index in [2.05, 4.69) is 6.58 Å². The van der Waals surface area contributed by atoms with Gasteiger partial charge in [0.05, 0.1) is 12.3 Å². The van der Waals surface area contributed by atoms with Crippen molar-refractivity contribution in [2.75, 3.05) is 6.61 Å². The minimum atomic E-state index is -1.28. The van der Waals surface area contributed by atoms with Gasteiger partial charge in [0.2, 0.25) is 0 Å². The zero-order chi connectivity index (χ0) is 9.72. The summed E-state index contributed by atoms with van der Waals surface area (Å²) < 4.78 is 0. The van der Waals surface area contributed by atoms with Gasteiger partial charge in [-0.25, -0.2) is 0 Å². The van der Waals surface area contributed by atoms with Crippen molar-refractivity contribution in [3.8, 4) is 0 Å². The Morgan fingerprint density at radius 2 is 2.08 bits per heavy atom. The van der Waals surface area contributed by atoms with Crippen LogP contribution in [0.5, 0.6) is 0 Å². The molecule has 0 aromatic rings. The Morgan fingerprint density at radius 3 is 2.42 bits per heavy atom. The topological polar surface area (TPSA) is 84.5 Å². The maximum Gasteiger partial charge on any atom is 0.117 e. The molecule has 0 aromatic heterocycles. The second-order valence-corrected chi connectivity index (χ2v) is 2.69. The average molecular weight is 173 g/mol. The lowest BCUT2D eigenvalue weighted by Gasteiger charge is -2.19. The lowest BCUT2D eigenvalue weighted by molar-refractivity contribution is 0.122. The highest BCUT2D eigenvalue weighted by atomic mass is 16.3. The van der Waals surface area contributed by atoms with Gasteiger partial charge in [-0.2, -0.15) is 0 Å². The number of nitrogens with one attached hydrogen (secondary N) is 1. The Bertz CT molecular complexity index is 170. The molecule has 0 heterocycles. The number of aliphatic hydroxyl groups is 3. The smallest absolute Gasteiger partial charge is 0.117 e. The summed E-state index contributed by atoms with van der Waals surface area (Å²) in [6.45, 7) is 4.58. The van der Waals surface area contributed by atoms with Gasteiger partial charge in [-0.15, -0.1) is 6.58 Å². The molecule has 0 fully saturated rings. The van der Waals surface area contributed by atoms with Gasteiger partial charge in [-0.1, -0.05) is 13.0 Å². The summed E-state index contributed by atoms with van der Waals surface area (Å²) in [4.78, 5) is 0. The van der Waals surface area contributed by atoms with Crippen LogP contribution >= 0.6 is 0 Å². The van der Waals surface area contributed by atoms with Crippen LogP contribution in [-0.2, 0) is 0 Å². The monoisotopic (exact) mass is 173 g/mol. The lowest BCUT2D eigenvalue weighted by Crippen LogP contribution is -2.37. The Balaban J connectivity index is 4.18. The van der Waals surface area contributed by atoms with Crippen LogP contribution in [0.2, 0.25) is 0 Å². The van der Waals surface area contributed by atoms with Gasteiger partial charge < -0.3 is 20.7 Å². The fourth-order valence-electron chi connectivity index (χ4n) is 0.708. The number of aliphatic hydroxyl groups excluding tert-OH is 3. The van der Waals surface area contributed by atoms with Crippen molar-refractivity contribution in [3.63, 3.8) is 0 Å². The van der Waals surface area contributed by atoms with E-state index in [0.717, 1.165) is 0 Å². The Labute approximate surface area is 71.7 Å². The van der Waals surface area contributed by atoms with E-state index in [9.17, 15) is 5.11 Å². The first-order chi connectivity index (χ1) is 5.54. The predicted octanol–water partition coefficient (Wildman–Crippen LogP) is -0.458. The van der Waals surface area contributed by atoms with Crippen LogP contribution in [0.3, 0.4) is 0 Å². The highest BCUT2D eigenvalue weighted by molar-refractivity contribution is 5.90. The van der Waals surface area contributed by atoms with Crippen LogP contribution in [0.1, 0.15) is 6.92 Å². The van der Waals surface area contributed by atoms with E-state index in [4.69, 9.17) is 15.6 Å². The van der Waals surface area contributed by atoms with Crippen LogP contribution in [0.4, 0.5) is 0 Å². The SMILES string of the molecule is C=C[C@@H](C)C(O)C(=N)[C@H](O)CO. The van der Waals surface area contributed by atoms with Crippen LogP contribution < -0.4 is 0 Å². The Hall–Kier alpha value is -0.710. The van der Waals surface area contributed by atoms with Crippen molar-refractivity contribution in [1.29, 1.82) is 5.41 Å². The molecule has 0 radical (unpaired) electrons. The van der Waals surface area contributed by atoms with E-state index in [0.29, 0.717) is 0 Å². The van der Waals surface area contributed by atoms with E-state index >= 15 is 0 Å². The summed E-state index contributed by atoms with van der Waals surface area (Å²) in [5, 5.41) is 34.0. The molecule has 4 N–H and O–H groups in total. The first-order valence-electron chi connectivity index (χ1n) is 3.72. The summed E-state index contributed by atoms with van der Waals surface area (Å²) in [6, 6.07) is 0.